The molecule has 0 radical (unpaired) electrons. The van der Waals surface area contributed by atoms with E-state index in [4.69, 9.17) is 0 Å². The highest BCUT2D eigenvalue weighted by atomic mass is 16.4. The lowest BCUT2D eigenvalue weighted by Gasteiger charge is -2.31. The van der Waals surface area contributed by atoms with Gasteiger partial charge in [-0.25, -0.2) is 0 Å². The summed E-state index contributed by atoms with van der Waals surface area (Å²) < 4.78 is 0. The first kappa shape index (κ1) is 15.6. The van der Waals surface area contributed by atoms with Crippen molar-refractivity contribution >= 4 is 22.4 Å². The molecule has 0 saturated carbocycles. The van der Waals surface area contributed by atoms with E-state index in [2.05, 4.69) is 35.2 Å². The van der Waals surface area contributed by atoms with Crippen LogP contribution in [0.4, 0.5) is 5.69 Å². The number of anilines is 1. The third-order valence-electron chi connectivity index (χ3n) is 4.41. The second kappa shape index (κ2) is 5.73. The molecule has 1 aliphatic rings. The van der Waals surface area contributed by atoms with Crippen LogP contribution in [-0.2, 0) is 4.79 Å². The topological polar surface area (TPSA) is 43.4 Å². The van der Waals surface area contributed by atoms with Crippen molar-refractivity contribution in [2.75, 3.05) is 11.4 Å². The van der Waals surface area contributed by atoms with E-state index in [1.165, 1.54) is 10.8 Å². The Morgan fingerprint density at radius 3 is 2.43 bits per heavy atom. The third kappa shape index (κ3) is 2.96. The van der Waals surface area contributed by atoms with Crippen LogP contribution in [0.3, 0.4) is 0 Å². The zero-order chi connectivity index (χ0) is 16.6. The van der Waals surface area contributed by atoms with Gasteiger partial charge in [0.1, 0.15) is 0 Å². The molecule has 2 aromatic carbocycles. The maximum atomic E-state index is 11.7. The van der Waals surface area contributed by atoms with Crippen molar-refractivity contribution in [2.45, 2.75) is 33.6 Å². The van der Waals surface area contributed by atoms with Gasteiger partial charge in [0.05, 0.1) is 5.97 Å². The van der Waals surface area contributed by atoms with Crippen LogP contribution in [0.15, 0.2) is 53.7 Å². The van der Waals surface area contributed by atoms with Crippen LogP contribution in [0.5, 0.6) is 0 Å². The first-order valence-electron chi connectivity index (χ1n) is 8.09. The van der Waals surface area contributed by atoms with Crippen molar-refractivity contribution in [3.8, 4) is 0 Å². The van der Waals surface area contributed by atoms with Gasteiger partial charge in [-0.15, -0.1) is 0 Å². The quantitative estimate of drug-likeness (QED) is 0.798. The summed E-state index contributed by atoms with van der Waals surface area (Å²) in [7, 11) is 0. The smallest absolute Gasteiger partial charge is 0.0697 e. The Kier molecular flexibility index (Phi) is 3.88. The normalized spacial score (nSPS) is 17.6. The number of hydrogen-bond acceptors (Lipinski definition) is 3. The molecule has 0 N–H and O–H groups in total. The van der Waals surface area contributed by atoms with Crippen molar-refractivity contribution in [3.63, 3.8) is 0 Å². The van der Waals surface area contributed by atoms with E-state index in [-0.39, 0.29) is 0 Å². The van der Waals surface area contributed by atoms with Gasteiger partial charge in [0.2, 0.25) is 0 Å². The molecule has 0 bridgehead atoms. The number of carboxylic acids is 1. The van der Waals surface area contributed by atoms with Crippen LogP contribution in [0.25, 0.3) is 10.8 Å². The van der Waals surface area contributed by atoms with E-state index in [9.17, 15) is 9.90 Å². The summed E-state index contributed by atoms with van der Waals surface area (Å²) in [5.41, 5.74) is 1.93. The zero-order valence-electron chi connectivity index (χ0n) is 13.9. The van der Waals surface area contributed by atoms with Crippen LogP contribution in [0.1, 0.15) is 33.6 Å². The van der Waals surface area contributed by atoms with Gasteiger partial charge in [-0.05, 0) is 46.7 Å². The summed E-state index contributed by atoms with van der Waals surface area (Å²) in [6.45, 7) is 6.65. The minimum atomic E-state index is -1.06. The van der Waals surface area contributed by atoms with Crippen molar-refractivity contribution < 1.29 is 9.90 Å². The van der Waals surface area contributed by atoms with Crippen molar-refractivity contribution in [1.29, 1.82) is 0 Å². The van der Waals surface area contributed by atoms with E-state index in [0.29, 0.717) is 5.57 Å². The molecule has 3 heteroatoms. The van der Waals surface area contributed by atoms with Gasteiger partial charge in [-0.2, -0.15) is 0 Å². The largest absolute Gasteiger partial charge is 0.545 e. The standard InChI is InChI=1S/C20H23NO2/c1-20(2,3)18(19(22)23)17-9-6-12-21(17)16-11-10-14-7-4-5-8-15(14)13-16/h4-5,7-8,10-11,13H,6,9,12H2,1-3H3,(H,22,23)/p-1. The molecule has 1 saturated heterocycles. The Labute approximate surface area is 137 Å². The molecule has 120 valence electrons. The van der Waals surface area contributed by atoms with Crippen LogP contribution in [0, 0.1) is 5.41 Å². The molecular weight excluding hydrogens is 286 g/mol. The number of aliphatic carboxylic acids is 1. The van der Waals surface area contributed by atoms with E-state index in [0.717, 1.165) is 30.8 Å². The van der Waals surface area contributed by atoms with Gasteiger partial charge >= 0.3 is 0 Å². The molecule has 3 rings (SSSR count). The molecule has 0 spiro atoms. The fourth-order valence-corrected chi connectivity index (χ4v) is 3.42. The maximum absolute atomic E-state index is 11.7. The molecule has 1 heterocycles. The molecule has 3 nitrogen and oxygen atoms in total. The van der Waals surface area contributed by atoms with Crippen LogP contribution < -0.4 is 10.0 Å². The third-order valence-corrected chi connectivity index (χ3v) is 4.41. The monoisotopic (exact) mass is 308 g/mol. The number of carbonyl (C=O) groups excluding carboxylic acids is 1. The van der Waals surface area contributed by atoms with Gasteiger partial charge in [0.15, 0.2) is 0 Å². The SMILES string of the molecule is CC(C)(C)C(C(=O)[O-])=C1CCCN1c1ccc2ccccc2c1. The summed E-state index contributed by atoms with van der Waals surface area (Å²) in [6, 6.07) is 14.5. The second-order valence-corrected chi connectivity index (χ2v) is 7.15. The van der Waals surface area contributed by atoms with Gasteiger partial charge in [-0.1, -0.05) is 51.1 Å². The van der Waals surface area contributed by atoms with Crippen LogP contribution in [0.2, 0.25) is 0 Å². The molecular formula is C20H22NO2-. The molecule has 0 aromatic heterocycles. The molecule has 23 heavy (non-hydrogen) atoms. The lowest BCUT2D eigenvalue weighted by Crippen LogP contribution is -2.35. The van der Waals surface area contributed by atoms with Gasteiger partial charge in [-0.3, -0.25) is 0 Å². The second-order valence-electron chi connectivity index (χ2n) is 7.15. The van der Waals surface area contributed by atoms with Crippen molar-refractivity contribution in [3.05, 3.63) is 53.7 Å². The minimum absolute atomic E-state index is 0.420. The zero-order valence-corrected chi connectivity index (χ0v) is 13.9. The Morgan fingerprint density at radius 2 is 1.78 bits per heavy atom. The Hall–Kier alpha value is -2.29. The molecule has 0 amide bonds. The van der Waals surface area contributed by atoms with Crippen LogP contribution >= 0.6 is 0 Å². The maximum Gasteiger partial charge on any atom is 0.0697 e. The number of benzene rings is 2. The summed E-state index contributed by atoms with van der Waals surface area (Å²) in [5, 5.41) is 14.1. The van der Waals surface area contributed by atoms with Gasteiger partial charge in [0, 0.05) is 17.9 Å². The highest BCUT2D eigenvalue weighted by Crippen LogP contribution is 2.37. The highest BCUT2D eigenvalue weighted by molar-refractivity contribution is 5.90. The number of rotatable bonds is 2. The fraction of sp³-hybridized carbons (Fsp3) is 0.350. The highest BCUT2D eigenvalue weighted by Gasteiger charge is 2.29. The molecule has 2 aromatic rings. The Morgan fingerprint density at radius 1 is 1.09 bits per heavy atom. The van der Waals surface area contributed by atoms with Crippen molar-refractivity contribution in [2.24, 2.45) is 5.41 Å². The first-order chi connectivity index (χ1) is 10.9. The molecule has 1 aliphatic heterocycles. The lowest BCUT2D eigenvalue weighted by atomic mass is 9.84. The number of allylic oxidation sites excluding steroid dienone is 1. The van der Waals surface area contributed by atoms with E-state index >= 15 is 0 Å². The number of nitrogens with zero attached hydrogens (tertiary/aromatic N) is 1. The number of carbonyl (C=O) groups is 1. The summed E-state index contributed by atoms with van der Waals surface area (Å²) in [5.74, 6) is -1.06. The minimum Gasteiger partial charge on any atom is -0.545 e. The molecule has 0 atom stereocenters. The average Bonchev–Trinajstić information content (AvgIpc) is 2.93. The Balaban J connectivity index is 2.11. The average molecular weight is 308 g/mol. The molecule has 0 unspecified atom stereocenters. The summed E-state index contributed by atoms with van der Waals surface area (Å²) >= 11 is 0. The molecule has 1 fully saturated rings. The van der Waals surface area contributed by atoms with Gasteiger partial charge in [0.25, 0.3) is 0 Å². The number of carboxylic acid groups (broad SMARTS) is 1. The van der Waals surface area contributed by atoms with Crippen molar-refractivity contribution in [1.82, 2.24) is 0 Å². The van der Waals surface area contributed by atoms with E-state index in [1.807, 2.05) is 32.9 Å². The predicted molar refractivity (Wildman–Crippen MR) is 92.0 cm³/mol. The number of fused-ring (bicyclic) bond motifs is 1. The Bertz CT molecular complexity index is 784. The van der Waals surface area contributed by atoms with Gasteiger partial charge < -0.3 is 14.8 Å². The van der Waals surface area contributed by atoms with E-state index < -0.39 is 11.4 Å². The summed E-state index contributed by atoms with van der Waals surface area (Å²) in [6.07, 6.45) is 1.75. The lowest BCUT2D eigenvalue weighted by molar-refractivity contribution is -0.300. The predicted octanol–water partition coefficient (Wildman–Crippen LogP) is 3.49. The fourth-order valence-electron chi connectivity index (χ4n) is 3.42. The molecule has 0 aliphatic carbocycles. The first-order valence-corrected chi connectivity index (χ1v) is 8.09. The number of hydrogen-bond donors (Lipinski definition) is 0. The van der Waals surface area contributed by atoms with Crippen LogP contribution in [-0.4, -0.2) is 12.5 Å². The van der Waals surface area contributed by atoms with E-state index in [1.54, 1.807) is 0 Å². The summed E-state index contributed by atoms with van der Waals surface area (Å²) in [4.78, 5) is 13.9.